The molecule has 0 spiro atoms. The minimum atomic E-state index is -0.130. The Hall–Kier alpha value is -3.91. The highest BCUT2D eigenvalue weighted by Gasteiger charge is 2.16. The zero-order valence-electron chi connectivity index (χ0n) is 18.2. The standard InChI is InChI=1S/C25H22N4O3S/c1-3-31-19-10-8-17(9-11-19)13-24(30)27-23-12-16(2)28-29(23)25-26-20(15-33-25)22-14-18-6-4-5-7-21(18)32-22/h4-12,14-15H,3,13H2,1-2H3,(H,27,30). The lowest BCUT2D eigenvalue weighted by Gasteiger charge is -2.07. The molecular formula is C25H22N4O3S. The maximum absolute atomic E-state index is 12.7. The van der Waals surface area contributed by atoms with Crippen molar-refractivity contribution >= 4 is 34.0 Å². The molecule has 2 aromatic carbocycles. The van der Waals surface area contributed by atoms with Crippen molar-refractivity contribution in [2.45, 2.75) is 20.3 Å². The molecule has 0 fully saturated rings. The van der Waals surface area contributed by atoms with Gasteiger partial charge in [0.15, 0.2) is 5.76 Å². The molecule has 1 amide bonds. The summed E-state index contributed by atoms with van der Waals surface area (Å²) in [5, 5.41) is 11.1. The Kier molecular flexibility index (Phi) is 5.66. The van der Waals surface area contributed by atoms with Crippen molar-refractivity contribution in [3.8, 4) is 22.3 Å². The van der Waals surface area contributed by atoms with Gasteiger partial charge in [-0.1, -0.05) is 30.3 Å². The third-order valence-electron chi connectivity index (χ3n) is 5.05. The molecule has 0 bridgehead atoms. The van der Waals surface area contributed by atoms with Gasteiger partial charge >= 0.3 is 0 Å². The van der Waals surface area contributed by atoms with E-state index in [-0.39, 0.29) is 12.3 Å². The van der Waals surface area contributed by atoms with Crippen molar-refractivity contribution in [3.05, 3.63) is 77.3 Å². The average Bonchev–Trinajstić information content (AvgIpc) is 3.53. The fourth-order valence-corrected chi connectivity index (χ4v) is 4.34. The van der Waals surface area contributed by atoms with Gasteiger partial charge in [0, 0.05) is 16.8 Å². The summed E-state index contributed by atoms with van der Waals surface area (Å²) < 4.78 is 13.0. The van der Waals surface area contributed by atoms with Crippen LogP contribution in [0.2, 0.25) is 0 Å². The second kappa shape index (κ2) is 8.91. The molecule has 3 aromatic heterocycles. The summed E-state index contributed by atoms with van der Waals surface area (Å²) in [6, 6.07) is 19.2. The molecule has 3 heterocycles. The summed E-state index contributed by atoms with van der Waals surface area (Å²) in [7, 11) is 0. The molecule has 0 radical (unpaired) electrons. The molecule has 0 saturated heterocycles. The summed E-state index contributed by atoms with van der Waals surface area (Å²) in [5.41, 5.74) is 3.23. The van der Waals surface area contributed by atoms with Crippen LogP contribution in [0.15, 0.2) is 70.5 Å². The topological polar surface area (TPSA) is 82.2 Å². The Morgan fingerprint density at radius 1 is 1.15 bits per heavy atom. The molecular weight excluding hydrogens is 436 g/mol. The van der Waals surface area contributed by atoms with E-state index in [2.05, 4.69) is 10.4 Å². The predicted molar refractivity (Wildman–Crippen MR) is 129 cm³/mol. The van der Waals surface area contributed by atoms with Gasteiger partial charge in [0.05, 0.1) is 18.7 Å². The van der Waals surface area contributed by atoms with Gasteiger partial charge in [-0.2, -0.15) is 9.78 Å². The van der Waals surface area contributed by atoms with Crippen molar-refractivity contribution < 1.29 is 13.9 Å². The second-order valence-electron chi connectivity index (χ2n) is 7.55. The number of anilines is 1. The van der Waals surface area contributed by atoms with Crippen molar-refractivity contribution in [1.82, 2.24) is 14.8 Å². The molecule has 5 aromatic rings. The number of aryl methyl sites for hydroxylation is 1. The molecule has 0 unspecified atom stereocenters. The van der Waals surface area contributed by atoms with Gasteiger partial charge < -0.3 is 14.5 Å². The number of amides is 1. The van der Waals surface area contributed by atoms with E-state index in [1.54, 1.807) is 4.68 Å². The fourth-order valence-electron chi connectivity index (χ4n) is 3.56. The van der Waals surface area contributed by atoms with Gasteiger partial charge in [-0.3, -0.25) is 4.79 Å². The smallest absolute Gasteiger partial charge is 0.229 e. The first kappa shape index (κ1) is 21.0. The van der Waals surface area contributed by atoms with E-state index >= 15 is 0 Å². The van der Waals surface area contributed by atoms with E-state index in [0.29, 0.717) is 23.3 Å². The van der Waals surface area contributed by atoms with Gasteiger partial charge in [0.2, 0.25) is 11.0 Å². The Morgan fingerprint density at radius 2 is 1.97 bits per heavy atom. The van der Waals surface area contributed by atoms with E-state index in [9.17, 15) is 4.79 Å². The quantitative estimate of drug-likeness (QED) is 0.342. The Balaban J connectivity index is 1.34. The van der Waals surface area contributed by atoms with Crippen LogP contribution in [0.3, 0.4) is 0 Å². The Bertz CT molecular complexity index is 1380. The minimum Gasteiger partial charge on any atom is -0.494 e. The van der Waals surface area contributed by atoms with E-state index in [4.69, 9.17) is 14.1 Å². The largest absolute Gasteiger partial charge is 0.494 e. The number of nitrogens with zero attached hydrogens (tertiary/aromatic N) is 3. The van der Waals surface area contributed by atoms with Crippen LogP contribution in [0.1, 0.15) is 18.2 Å². The summed E-state index contributed by atoms with van der Waals surface area (Å²) in [5.74, 6) is 1.94. The van der Waals surface area contributed by atoms with Crippen molar-refractivity contribution in [2.24, 2.45) is 0 Å². The molecule has 8 heteroatoms. The highest BCUT2D eigenvalue weighted by atomic mass is 32.1. The van der Waals surface area contributed by atoms with Crippen LogP contribution < -0.4 is 10.1 Å². The number of rotatable bonds is 7. The highest BCUT2D eigenvalue weighted by molar-refractivity contribution is 7.12. The normalized spacial score (nSPS) is 11.1. The van der Waals surface area contributed by atoms with Crippen LogP contribution in [-0.4, -0.2) is 27.3 Å². The van der Waals surface area contributed by atoms with Crippen molar-refractivity contribution in [2.75, 3.05) is 11.9 Å². The first-order chi connectivity index (χ1) is 16.1. The average molecular weight is 459 g/mol. The monoisotopic (exact) mass is 458 g/mol. The molecule has 0 aliphatic rings. The number of carbonyl (C=O) groups excluding carboxylic acids is 1. The third-order valence-corrected chi connectivity index (χ3v) is 5.87. The maximum Gasteiger partial charge on any atom is 0.229 e. The third kappa shape index (κ3) is 4.51. The SMILES string of the molecule is CCOc1ccc(CC(=O)Nc2cc(C)nn2-c2nc(-c3cc4ccccc4o3)cs2)cc1. The number of hydrogen-bond acceptors (Lipinski definition) is 6. The number of furan rings is 1. The maximum atomic E-state index is 12.7. The van der Waals surface area contributed by atoms with Crippen LogP contribution >= 0.6 is 11.3 Å². The number of hydrogen-bond donors (Lipinski definition) is 1. The lowest BCUT2D eigenvalue weighted by Crippen LogP contribution is -2.17. The zero-order chi connectivity index (χ0) is 22.8. The number of aromatic nitrogens is 3. The van der Waals surface area contributed by atoms with Gasteiger partial charge in [0.1, 0.15) is 22.8 Å². The van der Waals surface area contributed by atoms with Crippen LogP contribution in [0, 0.1) is 6.92 Å². The van der Waals surface area contributed by atoms with Crippen molar-refractivity contribution in [1.29, 1.82) is 0 Å². The van der Waals surface area contributed by atoms with Gasteiger partial charge in [0.25, 0.3) is 0 Å². The fraction of sp³-hybridized carbons (Fsp3) is 0.160. The van der Waals surface area contributed by atoms with Crippen molar-refractivity contribution in [3.63, 3.8) is 0 Å². The number of thiazole rings is 1. The van der Waals surface area contributed by atoms with E-state index < -0.39 is 0 Å². The first-order valence-electron chi connectivity index (χ1n) is 10.6. The second-order valence-corrected chi connectivity index (χ2v) is 8.39. The number of fused-ring (bicyclic) bond motifs is 1. The summed E-state index contributed by atoms with van der Waals surface area (Å²) in [6.45, 7) is 4.43. The molecule has 1 N–H and O–H groups in total. The Labute approximate surface area is 194 Å². The molecule has 5 rings (SSSR count). The lowest BCUT2D eigenvalue weighted by atomic mass is 10.1. The van der Waals surface area contributed by atoms with Crippen LogP contribution in [0.4, 0.5) is 5.82 Å². The van der Waals surface area contributed by atoms with E-state index in [1.807, 2.05) is 79.9 Å². The van der Waals surface area contributed by atoms with Gasteiger partial charge in [-0.05, 0) is 43.7 Å². The molecule has 7 nitrogen and oxygen atoms in total. The molecule has 0 aliphatic carbocycles. The Morgan fingerprint density at radius 3 is 2.76 bits per heavy atom. The van der Waals surface area contributed by atoms with Crippen LogP contribution in [-0.2, 0) is 11.2 Å². The molecule has 0 saturated carbocycles. The summed E-state index contributed by atoms with van der Waals surface area (Å²) in [6.07, 6.45) is 0.249. The molecule has 33 heavy (non-hydrogen) atoms. The predicted octanol–water partition coefficient (Wildman–Crippen LogP) is 5.63. The van der Waals surface area contributed by atoms with E-state index in [0.717, 1.165) is 33.7 Å². The molecule has 0 atom stereocenters. The number of nitrogens with one attached hydrogen (secondary N) is 1. The van der Waals surface area contributed by atoms with Gasteiger partial charge in [-0.25, -0.2) is 4.98 Å². The number of para-hydroxylation sites is 1. The van der Waals surface area contributed by atoms with E-state index in [1.165, 1.54) is 11.3 Å². The number of carbonyl (C=O) groups is 1. The highest BCUT2D eigenvalue weighted by Crippen LogP contribution is 2.30. The first-order valence-corrected chi connectivity index (χ1v) is 11.5. The number of ether oxygens (including phenoxy) is 1. The number of benzene rings is 2. The van der Waals surface area contributed by atoms with Crippen LogP contribution in [0.25, 0.3) is 27.6 Å². The molecule has 0 aliphatic heterocycles. The van der Waals surface area contributed by atoms with Gasteiger partial charge in [-0.15, -0.1) is 11.3 Å². The summed E-state index contributed by atoms with van der Waals surface area (Å²) in [4.78, 5) is 17.4. The van der Waals surface area contributed by atoms with Crippen LogP contribution in [0.5, 0.6) is 5.75 Å². The lowest BCUT2D eigenvalue weighted by molar-refractivity contribution is -0.115. The minimum absolute atomic E-state index is 0.130. The molecule has 166 valence electrons. The zero-order valence-corrected chi connectivity index (χ0v) is 19.1. The summed E-state index contributed by atoms with van der Waals surface area (Å²) >= 11 is 1.44.